The molecule has 4 nitrogen and oxygen atoms in total. The van der Waals surface area contributed by atoms with Gasteiger partial charge in [0.05, 0.1) is 21.3 Å². The quantitative estimate of drug-likeness (QED) is 0.396. The first-order valence-corrected chi connectivity index (χ1v) is 10.2. The van der Waals surface area contributed by atoms with E-state index in [4.69, 9.17) is 14.2 Å². The third-order valence-electron chi connectivity index (χ3n) is 5.04. The minimum Gasteiger partial charge on any atom is -0.508 e. The van der Waals surface area contributed by atoms with Crippen molar-refractivity contribution in [3.8, 4) is 33.4 Å². The molecule has 0 spiro atoms. The molecule has 0 amide bonds. The van der Waals surface area contributed by atoms with Crippen LogP contribution in [-0.2, 0) is 0 Å². The summed E-state index contributed by atoms with van der Waals surface area (Å²) in [6.07, 6.45) is 0. The van der Waals surface area contributed by atoms with Gasteiger partial charge in [0.15, 0.2) is 11.5 Å². The van der Waals surface area contributed by atoms with Crippen LogP contribution in [0.4, 0.5) is 0 Å². The molecule has 1 aromatic heterocycles. The van der Waals surface area contributed by atoms with Crippen LogP contribution < -0.4 is 14.2 Å². The van der Waals surface area contributed by atoms with Crippen LogP contribution in [0, 0.1) is 0 Å². The number of hydrogen-bond donors (Lipinski definition) is 1. The smallest absolute Gasteiger partial charge is 0.203 e. The molecule has 0 aliphatic rings. The number of phenolic OH excluding ortho intramolecular Hbond substituents is 1. The summed E-state index contributed by atoms with van der Waals surface area (Å²) in [7, 11) is 4.82. The van der Waals surface area contributed by atoms with E-state index in [0.29, 0.717) is 17.2 Å². The van der Waals surface area contributed by atoms with Crippen LogP contribution >= 0.6 is 11.3 Å². The SMILES string of the molecule is C=C(c1ccc(O)cc1)c1c(-c2cc(OC)c(OC)c(OC)c2)sc2ccccc12. The number of thiophene rings is 1. The molecule has 0 bridgehead atoms. The fourth-order valence-corrected chi connectivity index (χ4v) is 4.78. The Labute approximate surface area is 179 Å². The van der Waals surface area contributed by atoms with Gasteiger partial charge in [-0.1, -0.05) is 36.9 Å². The van der Waals surface area contributed by atoms with E-state index < -0.39 is 0 Å². The minimum absolute atomic E-state index is 0.228. The fraction of sp³-hybridized carbons (Fsp3) is 0.120. The Balaban J connectivity index is 1.97. The molecule has 0 fully saturated rings. The van der Waals surface area contributed by atoms with Crippen molar-refractivity contribution in [3.63, 3.8) is 0 Å². The number of benzene rings is 3. The first-order valence-electron chi connectivity index (χ1n) is 9.38. The van der Waals surface area contributed by atoms with E-state index in [2.05, 4.69) is 18.7 Å². The zero-order chi connectivity index (χ0) is 21.3. The van der Waals surface area contributed by atoms with E-state index in [1.807, 2.05) is 36.4 Å². The topological polar surface area (TPSA) is 47.9 Å². The molecule has 30 heavy (non-hydrogen) atoms. The van der Waals surface area contributed by atoms with Crippen molar-refractivity contribution < 1.29 is 19.3 Å². The van der Waals surface area contributed by atoms with E-state index in [0.717, 1.165) is 37.2 Å². The van der Waals surface area contributed by atoms with E-state index in [-0.39, 0.29) is 5.75 Å². The van der Waals surface area contributed by atoms with Crippen molar-refractivity contribution >= 4 is 27.0 Å². The number of methoxy groups -OCH3 is 3. The molecule has 4 aromatic rings. The molecular formula is C25H22O4S. The summed E-state index contributed by atoms with van der Waals surface area (Å²) in [5.41, 5.74) is 3.84. The highest BCUT2D eigenvalue weighted by atomic mass is 32.1. The largest absolute Gasteiger partial charge is 0.508 e. The molecule has 1 N–H and O–H groups in total. The Bertz CT molecular complexity index is 1200. The lowest BCUT2D eigenvalue weighted by Crippen LogP contribution is -1.96. The van der Waals surface area contributed by atoms with Crippen LogP contribution in [-0.4, -0.2) is 26.4 Å². The Morgan fingerprint density at radius 2 is 1.50 bits per heavy atom. The van der Waals surface area contributed by atoms with Gasteiger partial charge in [-0.05, 0) is 47.0 Å². The minimum atomic E-state index is 0.228. The second kappa shape index (κ2) is 8.13. The Hall–Kier alpha value is -3.44. The molecule has 152 valence electrons. The average Bonchev–Trinajstić information content (AvgIpc) is 3.17. The number of rotatable bonds is 6. The summed E-state index contributed by atoms with van der Waals surface area (Å²) in [6, 6.07) is 19.3. The molecule has 0 radical (unpaired) electrons. The average molecular weight is 419 g/mol. The number of phenols is 1. The number of hydrogen-bond acceptors (Lipinski definition) is 5. The first-order chi connectivity index (χ1) is 14.6. The van der Waals surface area contributed by atoms with Crippen molar-refractivity contribution in [1.82, 2.24) is 0 Å². The van der Waals surface area contributed by atoms with Gasteiger partial charge in [-0.15, -0.1) is 11.3 Å². The van der Waals surface area contributed by atoms with Gasteiger partial charge in [0.2, 0.25) is 5.75 Å². The fourth-order valence-electron chi connectivity index (χ4n) is 3.57. The standard InChI is InChI=1S/C25H22O4S/c1-15(16-9-11-18(26)12-10-16)23-19-7-5-6-8-22(19)30-25(23)17-13-20(27-2)24(29-4)21(14-17)28-3/h5-14,26H,1H2,2-4H3. The summed E-state index contributed by atoms with van der Waals surface area (Å²) >= 11 is 1.69. The highest BCUT2D eigenvalue weighted by molar-refractivity contribution is 7.22. The van der Waals surface area contributed by atoms with Gasteiger partial charge >= 0.3 is 0 Å². The number of ether oxygens (including phenoxy) is 3. The van der Waals surface area contributed by atoms with Crippen molar-refractivity contribution in [2.75, 3.05) is 21.3 Å². The first kappa shape index (κ1) is 19.9. The van der Waals surface area contributed by atoms with Crippen LogP contribution in [0.15, 0.2) is 67.2 Å². The number of aromatic hydroxyl groups is 1. The van der Waals surface area contributed by atoms with Gasteiger partial charge in [0, 0.05) is 20.5 Å². The maximum Gasteiger partial charge on any atom is 0.203 e. The van der Waals surface area contributed by atoms with Crippen LogP contribution in [0.1, 0.15) is 11.1 Å². The molecule has 5 heteroatoms. The highest BCUT2D eigenvalue weighted by Gasteiger charge is 2.21. The molecule has 1 heterocycles. The molecule has 4 rings (SSSR count). The third kappa shape index (κ3) is 3.37. The van der Waals surface area contributed by atoms with Gasteiger partial charge in [0.1, 0.15) is 5.75 Å². The zero-order valence-corrected chi connectivity index (χ0v) is 17.9. The Kier molecular flexibility index (Phi) is 5.38. The summed E-state index contributed by atoms with van der Waals surface area (Å²) < 4.78 is 17.8. The summed E-state index contributed by atoms with van der Waals surface area (Å²) in [6.45, 7) is 4.39. The van der Waals surface area contributed by atoms with Crippen LogP contribution in [0.2, 0.25) is 0 Å². The summed E-state index contributed by atoms with van der Waals surface area (Å²) in [5.74, 6) is 1.99. The second-order valence-corrected chi connectivity index (χ2v) is 7.79. The second-order valence-electron chi connectivity index (χ2n) is 6.74. The number of fused-ring (bicyclic) bond motifs is 1. The molecule has 0 aliphatic heterocycles. The molecule has 0 saturated heterocycles. The predicted octanol–water partition coefficient (Wildman–Crippen LogP) is 6.36. The maximum absolute atomic E-state index is 9.67. The van der Waals surface area contributed by atoms with Crippen molar-refractivity contribution in [3.05, 3.63) is 78.4 Å². The van der Waals surface area contributed by atoms with Gasteiger partial charge in [0.25, 0.3) is 0 Å². The van der Waals surface area contributed by atoms with Crippen molar-refractivity contribution in [2.24, 2.45) is 0 Å². The van der Waals surface area contributed by atoms with Crippen molar-refractivity contribution in [2.45, 2.75) is 0 Å². The Morgan fingerprint density at radius 3 is 2.10 bits per heavy atom. The normalized spacial score (nSPS) is 10.8. The van der Waals surface area contributed by atoms with E-state index in [9.17, 15) is 5.11 Å². The lowest BCUT2D eigenvalue weighted by Gasteiger charge is -2.15. The van der Waals surface area contributed by atoms with Gasteiger partial charge in [-0.25, -0.2) is 0 Å². The predicted molar refractivity (Wildman–Crippen MR) is 123 cm³/mol. The van der Waals surface area contributed by atoms with Gasteiger partial charge < -0.3 is 19.3 Å². The van der Waals surface area contributed by atoms with E-state index in [1.165, 1.54) is 0 Å². The molecule has 0 aliphatic carbocycles. The Morgan fingerprint density at radius 1 is 0.867 bits per heavy atom. The molecule has 0 unspecified atom stereocenters. The lowest BCUT2D eigenvalue weighted by atomic mass is 9.94. The summed E-state index contributed by atoms with van der Waals surface area (Å²) in [5, 5.41) is 10.8. The van der Waals surface area contributed by atoms with Gasteiger partial charge in [-0.3, -0.25) is 0 Å². The van der Waals surface area contributed by atoms with Crippen LogP contribution in [0.25, 0.3) is 26.1 Å². The maximum atomic E-state index is 9.67. The van der Waals surface area contributed by atoms with E-state index in [1.54, 1.807) is 44.8 Å². The monoisotopic (exact) mass is 418 g/mol. The van der Waals surface area contributed by atoms with Crippen LogP contribution in [0.5, 0.6) is 23.0 Å². The molecule has 3 aromatic carbocycles. The van der Waals surface area contributed by atoms with E-state index >= 15 is 0 Å². The van der Waals surface area contributed by atoms with Crippen LogP contribution in [0.3, 0.4) is 0 Å². The molecular weight excluding hydrogens is 396 g/mol. The highest BCUT2D eigenvalue weighted by Crippen LogP contribution is 2.48. The van der Waals surface area contributed by atoms with Crippen molar-refractivity contribution in [1.29, 1.82) is 0 Å². The lowest BCUT2D eigenvalue weighted by molar-refractivity contribution is 0.324. The van der Waals surface area contributed by atoms with Gasteiger partial charge in [-0.2, -0.15) is 0 Å². The molecule has 0 saturated carbocycles. The third-order valence-corrected chi connectivity index (χ3v) is 6.26. The molecule has 0 atom stereocenters. The summed E-state index contributed by atoms with van der Waals surface area (Å²) in [4.78, 5) is 1.06. The zero-order valence-electron chi connectivity index (χ0n) is 17.1.